The fourth-order valence-electron chi connectivity index (χ4n) is 3.46. The Balaban J connectivity index is 0.00000240. The quantitative estimate of drug-likeness (QED) is 0.637. The van der Waals surface area contributed by atoms with Gasteiger partial charge in [0, 0.05) is 23.4 Å². The predicted octanol–water partition coefficient (Wildman–Crippen LogP) is 3.65. The molecule has 0 saturated heterocycles. The van der Waals surface area contributed by atoms with E-state index >= 15 is 0 Å². The normalized spacial score (nSPS) is 13.6. The zero-order valence-corrected chi connectivity index (χ0v) is 17.7. The van der Waals surface area contributed by atoms with E-state index in [9.17, 15) is 9.59 Å². The van der Waals surface area contributed by atoms with E-state index in [2.05, 4.69) is 10.2 Å². The molecule has 1 aliphatic heterocycles. The third kappa shape index (κ3) is 3.96. The van der Waals surface area contributed by atoms with Crippen LogP contribution in [-0.4, -0.2) is 36.9 Å². The number of thiophene rings is 1. The molecule has 3 N–H and O–H groups in total. The lowest BCUT2D eigenvalue weighted by atomic mass is 10.0. The van der Waals surface area contributed by atoms with Crippen molar-refractivity contribution in [2.24, 2.45) is 5.73 Å². The SMILES string of the molecule is CCOc1cccc2cc(C(=O)Nc3sc4c(c3C(N)=O)CCN(C)C4)oc12.Cl. The Morgan fingerprint density at radius 2 is 2.17 bits per heavy atom. The van der Waals surface area contributed by atoms with Crippen LogP contribution in [0.3, 0.4) is 0 Å². The number of ether oxygens (including phenoxy) is 1. The molecule has 0 spiro atoms. The van der Waals surface area contributed by atoms with Gasteiger partial charge in [0.15, 0.2) is 17.1 Å². The molecule has 3 aromatic rings. The number of fused-ring (bicyclic) bond motifs is 2. The molecule has 0 atom stereocenters. The van der Waals surface area contributed by atoms with Crippen molar-refractivity contribution in [2.75, 3.05) is 25.5 Å². The molecule has 154 valence electrons. The summed E-state index contributed by atoms with van der Waals surface area (Å²) in [7, 11) is 2.02. The van der Waals surface area contributed by atoms with E-state index in [1.165, 1.54) is 11.3 Å². The molecular weight excluding hydrogens is 414 g/mol. The van der Waals surface area contributed by atoms with Crippen molar-refractivity contribution in [1.82, 2.24) is 4.90 Å². The minimum atomic E-state index is -0.527. The molecule has 9 heteroatoms. The Morgan fingerprint density at radius 3 is 2.90 bits per heavy atom. The zero-order valence-electron chi connectivity index (χ0n) is 16.1. The number of rotatable bonds is 5. The van der Waals surface area contributed by atoms with E-state index in [1.54, 1.807) is 12.1 Å². The number of nitrogens with two attached hydrogens (primary N) is 1. The minimum absolute atomic E-state index is 0. The van der Waals surface area contributed by atoms with Crippen LogP contribution in [0.25, 0.3) is 11.0 Å². The molecule has 1 aromatic carbocycles. The van der Waals surface area contributed by atoms with Gasteiger partial charge in [0.1, 0.15) is 5.00 Å². The first-order valence-corrected chi connectivity index (χ1v) is 9.89. The van der Waals surface area contributed by atoms with Gasteiger partial charge in [0.2, 0.25) is 0 Å². The van der Waals surface area contributed by atoms with Gasteiger partial charge >= 0.3 is 0 Å². The maximum Gasteiger partial charge on any atom is 0.292 e. The highest BCUT2D eigenvalue weighted by molar-refractivity contribution is 7.17. The second-order valence-corrected chi connectivity index (χ2v) is 7.84. The average molecular weight is 436 g/mol. The van der Waals surface area contributed by atoms with E-state index in [4.69, 9.17) is 14.9 Å². The van der Waals surface area contributed by atoms with Crippen molar-refractivity contribution in [3.05, 3.63) is 46.0 Å². The van der Waals surface area contributed by atoms with Crippen LogP contribution in [0.1, 0.15) is 38.3 Å². The van der Waals surface area contributed by atoms with Crippen LogP contribution in [0.15, 0.2) is 28.7 Å². The summed E-state index contributed by atoms with van der Waals surface area (Å²) in [5.74, 6) is -0.207. The van der Waals surface area contributed by atoms with Gasteiger partial charge < -0.3 is 25.1 Å². The molecule has 2 aromatic heterocycles. The number of carbonyl (C=O) groups excluding carboxylic acids is 2. The summed E-state index contributed by atoms with van der Waals surface area (Å²) in [5.41, 5.74) is 7.48. The highest BCUT2D eigenvalue weighted by Crippen LogP contribution is 2.37. The molecule has 1 aliphatic rings. The van der Waals surface area contributed by atoms with E-state index in [0.717, 1.165) is 35.3 Å². The van der Waals surface area contributed by atoms with Crippen molar-refractivity contribution < 1.29 is 18.7 Å². The maximum absolute atomic E-state index is 12.8. The summed E-state index contributed by atoms with van der Waals surface area (Å²) in [4.78, 5) is 28.1. The lowest BCUT2D eigenvalue weighted by Crippen LogP contribution is -2.27. The highest BCUT2D eigenvalue weighted by atomic mass is 35.5. The van der Waals surface area contributed by atoms with Gasteiger partial charge in [-0.1, -0.05) is 12.1 Å². The first kappa shape index (κ1) is 21.2. The minimum Gasteiger partial charge on any atom is -0.490 e. The number of hydrogen-bond donors (Lipinski definition) is 2. The Kier molecular flexibility index (Phi) is 6.16. The van der Waals surface area contributed by atoms with Crippen molar-refractivity contribution >= 4 is 51.5 Å². The fraction of sp³-hybridized carbons (Fsp3) is 0.300. The first-order valence-electron chi connectivity index (χ1n) is 9.07. The zero-order chi connectivity index (χ0) is 19.8. The number of carbonyl (C=O) groups is 2. The van der Waals surface area contributed by atoms with E-state index in [-0.39, 0.29) is 18.2 Å². The highest BCUT2D eigenvalue weighted by Gasteiger charge is 2.27. The molecule has 2 amide bonds. The number of para-hydroxylation sites is 1. The number of furan rings is 1. The third-order valence-electron chi connectivity index (χ3n) is 4.75. The standard InChI is InChI=1S/C20H21N3O4S.ClH/c1-3-26-13-6-4-5-11-9-14(27-17(11)13)19(25)22-20-16(18(21)24)12-7-8-23(2)10-15(12)28-20;/h4-6,9H,3,7-8,10H2,1-2H3,(H2,21,24)(H,22,25);1H. The molecule has 0 radical (unpaired) electrons. The van der Waals surface area contributed by atoms with Crippen LogP contribution in [0.4, 0.5) is 5.00 Å². The van der Waals surface area contributed by atoms with E-state index in [1.807, 2.05) is 26.1 Å². The van der Waals surface area contributed by atoms with Gasteiger partial charge in [-0.05, 0) is 38.1 Å². The van der Waals surface area contributed by atoms with Crippen molar-refractivity contribution in [3.8, 4) is 5.75 Å². The molecule has 0 fully saturated rings. The van der Waals surface area contributed by atoms with Gasteiger partial charge in [-0.3, -0.25) is 9.59 Å². The topological polar surface area (TPSA) is 97.8 Å². The first-order chi connectivity index (χ1) is 13.5. The molecule has 29 heavy (non-hydrogen) atoms. The van der Waals surface area contributed by atoms with Crippen LogP contribution in [0.5, 0.6) is 5.75 Å². The smallest absolute Gasteiger partial charge is 0.292 e. The lowest BCUT2D eigenvalue weighted by molar-refractivity contribution is 0.0999. The van der Waals surface area contributed by atoms with Crippen LogP contribution >= 0.6 is 23.7 Å². The molecular formula is C20H22ClN3O4S. The van der Waals surface area contributed by atoms with E-state index in [0.29, 0.717) is 28.5 Å². The number of hydrogen-bond acceptors (Lipinski definition) is 6. The number of anilines is 1. The van der Waals surface area contributed by atoms with Crippen molar-refractivity contribution in [2.45, 2.75) is 19.9 Å². The van der Waals surface area contributed by atoms with Crippen molar-refractivity contribution in [1.29, 1.82) is 0 Å². The van der Waals surface area contributed by atoms with Gasteiger partial charge in [-0.15, -0.1) is 23.7 Å². The number of nitrogens with one attached hydrogen (secondary N) is 1. The molecule has 3 heterocycles. The molecule has 4 rings (SSSR count). The maximum atomic E-state index is 12.8. The summed E-state index contributed by atoms with van der Waals surface area (Å²) in [5, 5.41) is 4.07. The molecule has 0 unspecified atom stereocenters. The monoisotopic (exact) mass is 435 g/mol. The van der Waals surface area contributed by atoms with Gasteiger partial charge in [-0.25, -0.2) is 0 Å². The molecule has 0 bridgehead atoms. The largest absolute Gasteiger partial charge is 0.490 e. The second-order valence-electron chi connectivity index (χ2n) is 6.73. The summed E-state index contributed by atoms with van der Waals surface area (Å²) in [6, 6.07) is 7.16. The number of nitrogens with zero attached hydrogens (tertiary/aromatic N) is 1. The summed E-state index contributed by atoms with van der Waals surface area (Å²) < 4.78 is 11.3. The summed E-state index contributed by atoms with van der Waals surface area (Å²) >= 11 is 1.39. The predicted molar refractivity (Wildman–Crippen MR) is 115 cm³/mol. The molecule has 7 nitrogen and oxygen atoms in total. The number of primary amides is 1. The average Bonchev–Trinajstić information content (AvgIpc) is 3.23. The second kappa shape index (κ2) is 8.44. The van der Waals surface area contributed by atoms with Gasteiger partial charge in [0.25, 0.3) is 11.8 Å². The third-order valence-corrected chi connectivity index (χ3v) is 5.89. The summed E-state index contributed by atoms with van der Waals surface area (Å²) in [6.07, 6.45) is 0.735. The van der Waals surface area contributed by atoms with Crippen LogP contribution in [0, 0.1) is 0 Å². The fourth-order valence-corrected chi connectivity index (χ4v) is 4.79. The van der Waals surface area contributed by atoms with E-state index < -0.39 is 11.8 Å². The Bertz CT molecular complexity index is 1080. The number of benzene rings is 1. The number of halogens is 1. The van der Waals surface area contributed by atoms with Gasteiger partial charge in [0.05, 0.1) is 12.2 Å². The summed E-state index contributed by atoms with van der Waals surface area (Å²) in [6.45, 7) is 3.97. The Labute approximate surface area is 178 Å². The number of amides is 2. The van der Waals surface area contributed by atoms with Crippen molar-refractivity contribution in [3.63, 3.8) is 0 Å². The molecule has 0 aliphatic carbocycles. The lowest BCUT2D eigenvalue weighted by Gasteiger charge is -2.22. The van der Waals surface area contributed by atoms with Crippen LogP contribution in [-0.2, 0) is 13.0 Å². The Hall–Kier alpha value is -2.55. The van der Waals surface area contributed by atoms with Gasteiger partial charge in [-0.2, -0.15) is 0 Å². The van der Waals surface area contributed by atoms with Crippen LogP contribution < -0.4 is 15.8 Å². The Morgan fingerprint density at radius 1 is 1.38 bits per heavy atom. The van der Waals surface area contributed by atoms with Crippen LogP contribution in [0.2, 0.25) is 0 Å². The number of likely N-dealkylation sites (N-methyl/N-ethyl adjacent to an activating group) is 1. The molecule has 0 saturated carbocycles.